The van der Waals surface area contributed by atoms with Crippen molar-refractivity contribution in [2.45, 2.75) is 6.54 Å². The first kappa shape index (κ1) is 20.4. The number of thiazole rings is 1. The molecular weight excluding hydrogens is 420 g/mol. The van der Waals surface area contributed by atoms with Crippen molar-refractivity contribution in [2.24, 2.45) is 0 Å². The van der Waals surface area contributed by atoms with E-state index in [1.54, 1.807) is 56.0 Å². The molecule has 2 aromatic carbocycles. The maximum absolute atomic E-state index is 12.6. The summed E-state index contributed by atoms with van der Waals surface area (Å²) in [5.41, 5.74) is 0.677. The normalized spacial score (nSPS) is 10.8. The Labute approximate surface area is 179 Å². The average molecular weight is 438 g/mol. The molecule has 2 aromatic heterocycles. The van der Waals surface area contributed by atoms with Gasteiger partial charge in [0.15, 0.2) is 16.6 Å². The quantitative estimate of drug-likeness (QED) is 0.478. The first-order valence-corrected chi connectivity index (χ1v) is 10.1. The second-order valence-corrected chi connectivity index (χ2v) is 7.38. The van der Waals surface area contributed by atoms with Crippen LogP contribution in [0, 0.1) is 0 Å². The predicted molar refractivity (Wildman–Crippen MR) is 118 cm³/mol. The number of hydrogen-bond donors (Lipinski definition) is 2. The summed E-state index contributed by atoms with van der Waals surface area (Å²) >= 11 is 1.23. The Kier molecular flexibility index (Phi) is 5.54. The molecule has 10 heteroatoms. The molecule has 0 fully saturated rings. The van der Waals surface area contributed by atoms with Crippen LogP contribution in [0.25, 0.3) is 22.2 Å². The molecule has 31 heavy (non-hydrogen) atoms. The molecule has 0 saturated heterocycles. The van der Waals surface area contributed by atoms with Crippen LogP contribution in [0.15, 0.2) is 57.4 Å². The Balaban J connectivity index is 1.53. The highest BCUT2D eigenvalue weighted by molar-refractivity contribution is 7.14. The number of methoxy groups -OCH3 is 2. The Morgan fingerprint density at radius 1 is 1.13 bits per heavy atom. The fraction of sp³-hybridized carbons (Fsp3) is 0.143. The summed E-state index contributed by atoms with van der Waals surface area (Å²) in [6, 6.07) is 12.0. The summed E-state index contributed by atoms with van der Waals surface area (Å²) in [7, 11) is 3.10. The third-order valence-corrected chi connectivity index (χ3v) is 5.38. The first-order chi connectivity index (χ1) is 15.0. The van der Waals surface area contributed by atoms with Crippen molar-refractivity contribution in [2.75, 3.05) is 19.5 Å². The van der Waals surface area contributed by atoms with Gasteiger partial charge in [0, 0.05) is 10.9 Å². The molecule has 4 aromatic rings. The van der Waals surface area contributed by atoms with Gasteiger partial charge in [0.25, 0.3) is 5.56 Å². The van der Waals surface area contributed by atoms with Gasteiger partial charge < -0.3 is 19.8 Å². The topological polar surface area (TPSA) is 115 Å². The van der Waals surface area contributed by atoms with Crippen LogP contribution in [0.5, 0.6) is 11.5 Å². The fourth-order valence-corrected chi connectivity index (χ4v) is 3.84. The van der Waals surface area contributed by atoms with E-state index in [4.69, 9.17) is 9.47 Å². The second-order valence-electron chi connectivity index (χ2n) is 6.52. The number of anilines is 1. The number of carbonyl (C=O) groups excluding carboxylic acids is 1. The summed E-state index contributed by atoms with van der Waals surface area (Å²) in [5, 5.41) is 5.10. The van der Waals surface area contributed by atoms with Crippen LogP contribution in [0.2, 0.25) is 0 Å². The van der Waals surface area contributed by atoms with Crippen molar-refractivity contribution in [3.05, 3.63) is 68.7 Å². The fourth-order valence-electron chi connectivity index (χ4n) is 3.10. The molecule has 2 heterocycles. The van der Waals surface area contributed by atoms with Crippen molar-refractivity contribution in [3.8, 4) is 22.8 Å². The largest absolute Gasteiger partial charge is 0.493 e. The SMILES string of the molecule is COc1ccc(-c2csc(NC(=O)Cn3c(=O)[nH]c4ccccc4c3=O)n2)cc1OC. The molecule has 0 aliphatic carbocycles. The molecule has 9 nitrogen and oxygen atoms in total. The minimum atomic E-state index is -0.649. The summed E-state index contributed by atoms with van der Waals surface area (Å²) in [6.07, 6.45) is 0. The number of amides is 1. The number of aromatic amines is 1. The minimum Gasteiger partial charge on any atom is -0.493 e. The number of rotatable bonds is 6. The lowest BCUT2D eigenvalue weighted by Crippen LogP contribution is -2.38. The smallest absolute Gasteiger partial charge is 0.329 e. The molecule has 4 rings (SSSR count). The van der Waals surface area contributed by atoms with E-state index in [0.29, 0.717) is 33.2 Å². The van der Waals surface area contributed by atoms with Gasteiger partial charge in [-0.2, -0.15) is 0 Å². The Bertz CT molecular complexity index is 1390. The number of nitrogens with zero attached hydrogens (tertiary/aromatic N) is 2. The molecule has 0 unspecified atom stereocenters. The van der Waals surface area contributed by atoms with E-state index in [1.807, 2.05) is 6.07 Å². The highest BCUT2D eigenvalue weighted by atomic mass is 32.1. The number of fused-ring (bicyclic) bond motifs is 1. The van der Waals surface area contributed by atoms with Gasteiger partial charge in [0.05, 0.1) is 30.8 Å². The lowest BCUT2D eigenvalue weighted by molar-refractivity contribution is -0.116. The van der Waals surface area contributed by atoms with Crippen LogP contribution >= 0.6 is 11.3 Å². The summed E-state index contributed by atoms with van der Waals surface area (Å²) in [4.78, 5) is 44.3. The van der Waals surface area contributed by atoms with Crippen molar-refractivity contribution >= 4 is 33.3 Å². The third-order valence-electron chi connectivity index (χ3n) is 4.62. The molecule has 0 bridgehead atoms. The molecule has 2 N–H and O–H groups in total. The van der Waals surface area contributed by atoms with Gasteiger partial charge in [-0.1, -0.05) is 12.1 Å². The Morgan fingerprint density at radius 2 is 1.90 bits per heavy atom. The number of hydrogen-bond acceptors (Lipinski definition) is 7. The van der Waals surface area contributed by atoms with Crippen molar-refractivity contribution in [1.29, 1.82) is 0 Å². The summed E-state index contributed by atoms with van der Waals surface area (Å²) < 4.78 is 11.4. The van der Waals surface area contributed by atoms with Crippen molar-refractivity contribution in [1.82, 2.24) is 14.5 Å². The van der Waals surface area contributed by atoms with Gasteiger partial charge in [-0.3, -0.25) is 14.2 Å². The van der Waals surface area contributed by atoms with E-state index >= 15 is 0 Å². The molecule has 0 radical (unpaired) electrons. The molecule has 0 saturated carbocycles. The number of benzene rings is 2. The van der Waals surface area contributed by atoms with Crippen LogP contribution in [0.3, 0.4) is 0 Å². The maximum Gasteiger partial charge on any atom is 0.329 e. The molecule has 0 aliphatic rings. The van der Waals surface area contributed by atoms with Gasteiger partial charge in [-0.05, 0) is 30.3 Å². The Hall–Kier alpha value is -3.92. The molecule has 1 amide bonds. The molecular formula is C21H18N4O5S. The van der Waals surface area contributed by atoms with Gasteiger partial charge in [0.2, 0.25) is 5.91 Å². The van der Waals surface area contributed by atoms with E-state index < -0.39 is 23.7 Å². The lowest BCUT2D eigenvalue weighted by atomic mass is 10.1. The molecule has 0 atom stereocenters. The zero-order valence-electron chi connectivity index (χ0n) is 16.7. The second kappa shape index (κ2) is 8.44. The molecule has 0 aliphatic heterocycles. The van der Waals surface area contributed by atoms with E-state index in [1.165, 1.54) is 11.3 Å². The lowest BCUT2D eigenvalue weighted by Gasteiger charge is -2.08. The molecule has 0 spiro atoms. The van der Waals surface area contributed by atoms with Crippen molar-refractivity contribution in [3.63, 3.8) is 0 Å². The van der Waals surface area contributed by atoms with Gasteiger partial charge >= 0.3 is 5.69 Å². The zero-order chi connectivity index (χ0) is 22.0. The summed E-state index contributed by atoms with van der Waals surface area (Å²) in [6.45, 7) is -0.426. The van der Waals surface area contributed by atoms with Gasteiger partial charge in [-0.15, -0.1) is 11.3 Å². The van der Waals surface area contributed by atoms with E-state index in [9.17, 15) is 14.4 Å². The number of H-pyrrole nitrogens is 1. The summed E-state index contributed by atoms with van der Waals surface area (Å²) in [5.74, 6) is 0.630. The number of aromatic nitrogens is 3. The third kappa shape index (κ3) is 4.05. The van der Waals surface area contributed by atoms with Gasteiger partial charge in [0.1, 0.15) is 6.54 Å². The zero-order valence-corrected chi connectivity index (χ0v) is 17.5. The monoisotopic (exact) mass is 438 g/mol. The van der Waals surface area contributed by atoms with Crippen LogP contribution < -0.4 is 26.0 Å². The van der Waals surface area contributed by atoms with E-state index in [0.717, 1.165) is 10.1 Å². The van der Waals surface area contributed by atoms with E-state index in [-0.39, 0.29) is 0 Å². The number of ether oxygens (including phenoxy) is 2. The predicted octanol–water partition coefficient (Wildman–Crippen LogP) is 2.47. The first-order valence-electron chi connectivity index (χ1n) is 9.20. The Morgan fingerprint density at radius 3 is 2.68 bits per heavy atom. The van der Waals surface area contributed by atoms with Crippen LogP contribution in [-0.4, -0.2) is 34.7 Å². The van der Waals surface area contributed by atoms with Crippen LogP contribution in [0.4, 0.5) is 5.13 Å². The number of nitrogens with one attached hydrogen (secondary N) is 2. The minimum absolute atomic E-state index is 0.333. The van der Waals surface area contributed by atoms with Gasteiger partial charge in [-0.25, -0.2) is 9.78 Å². The maximum atomic E-state index is 12.6. The van der Waals surface area contributed by atoms with Crippen LogP contribution in [-0.2, 0) is 11.3 Å². The number of para-hydroxylation sites is 1. The van der Waals surface area contributed by atoms with Crippen molar-refractivity contribution < 1.29 is 14.3 Å². The molecule has 158 valence electrons. The highest BCUT2D eigenvalue weighted by Crippen LogP contribution is 2.33. The number of carbonyl (C=O) groups is 1. The standard InChI is InChI=1S/C21H18N4O5S/c1-29-16-8-7-12(9-17(16)30-2)15-11-31-20(22-15)24-18(26)10-25-19(27)13-5-3-4-6-14(13)23-21(25)28/h3-9,11H,10H2,1-2H3,(H,23,28)(H,22,24,26). The van der Waals surface area contributed by atoms with E-state index in [2.05, 4.69) is 15.3 Å². The average Bonchev–Trinajstić information content (AvgIpc) is 3.24. The highest BCUT2D eigenvalue weighted by Gasteiger charge is 2.14. The van der Waals surface area contributed by atoms with Crippen LogP contribution in [0.1, 0.15) is 0 Å².